The third-order valence-corrected chi connectivity index (χ3v) is 5.04. The molecule has 0 aliphatic rings. The van der Waals surface area contributed by atoms with Gasteiger partial charge in [-0.3, -0.25) is 4.79 Å². The van der Waals surface area contributed by atoms with Gasteiger partial charge in [0.05, 0.1) is 4.90 Å². The maximum absolute atomic E-state index is 12.4. The van der Waals surface area contributed by atoms with Crippen molar-refractivity contribution in [1.82, 2.24) is 4.72 Å². The van der Waals surface area contributed by atoms with Crippen LogP contribution >= 0.6 is 0 Å². The molecule has 1 N–H and O–H groups in total. The second kappa shape index (κ2) is 7.71. The fourth-order valence-electron chi connectivity index (χ4n) is 2.20. The van der Waals surface area contributed by atoms with Gasteiger partial charge in [0.1, 0.15) is 5.75 Å². The molecule has 0 aliphatic carbocycles. The Hall–Kier alpha value is -2.32. The van der Waals surface area contributed by atoms with Crippen LogP contribution in [0.3, 0.4) is 0 Å². The molecule has 0 radical (unpaired) electrons. The molecular formula is C17H17F2NO4S. The molecule has 2 rings (SSSR count). The van der Waals surface area contributed by atoms with E-state index in [1.807, 2.05) is 0 Å². The number of carbonyl (C=O) groups excluding carboxylic acids is 1. The van der Waals surface area contributed by atoms with Gasteiger partial charge in [-0.2, -0.15) is 8.78 Å². The number of ketones is 1. The molecule has 2 aromatic rings. The summed E-state index contributed by atoms with van der Waals surface area (Å²) in [6.07, 6.45) is 0. The van der Waals surface area contributed by atoms with Crippen LogP contribution in [0.2, 0.25) is 0 Å². The number of alkyl halides is 2. The molecule has 0 fully saturated rings. The van der Waals surface area contributed by atoms with Crippen LogP contribution in [0.1, 0.15) is 35.8 Å². The van der Waals surface area contributed by atoms with E-state index in [-0.39, 0.29) is 16.4 Å². The molecule has 0 amide bonds. The molecule has 25 heavy (non-hydrogen) atoms. The van der Waals surface area contributed by atoms with Crippen molar-refractivity contribution in [2.45, 2.75) is 31.4 Å². The minimum Gasteiger partial charge on any atom is -0.435 e. The number of hydrogen-bond acceptors (Lipinski definition) is 4. The normalized spacial score (nSPS) is 12.8. The van der Waals surface area contributed by atoms with Gasteiger partial charge >= 0.3 is 6.61 Å². The lowest BCUT2D eigenvalue weighted by Gasteiger charge is -2.16. The molecule has 0 bridgehead atoms. The Bertz CT molecular complexity index is 851. The first kappa shape index (κ1) is 19.0. The van der Waals surface area contributed by atoms with Crippen LogP contribution in [0.15, 0.2) is 53.4 Å². The Morgan fingerprint density at radius 3 is 2.32 bits per heavy atom. The molecule has 1 unspecified atom stereocenters. The number of halogens is 2. The first-order chi connectivity index (χ1) is 11.7. The highest BCUT2D eigenvalue weighted by molar-refractivity contribution is 7.89. The van der Waals surface area contributed by atoms with Crippen molar-refractivity contribution in [3.8, 4) is 5.75 Å². The molecule has 8 heteroatoms. The lowest BCUT2D eigenvalue weighted by atomic mass is 10.1. The number of sulfonamides is 1. The van der Waals surface area contributed by atoms with Crippen molar-refractivity contribution in [3.63, 3.8) is 0 Å². The van der Waals surface area contributed by atoms with E-state index in [9.17, 15) is 22.0 Å². The van der Waals surface area contributed by atoms with Crippen LogP contribution in [0.4, 0.5) is 8.78 Å². The topological polar surface area (TPSA) is 72.5 Å². The highest BCUT2D eigenvalue weighted by atomic mass is 32.2. The first-order valence-corrected chi connectivity index (χ1v) is 8.85. The van der Waals surface area contributed by atoms with Gasteiger partial charge in [0.25, 0.3) is 0 Å². The first-order valence-electron chi connectivity index (χ1n) is 7.37. The number of rotatable bonds is 7. The van der Waals surface area contributed by atoms with E-state index in [2.05, 4.69) is 9.46 Å². The maximum atomic E-state index is 12.4. The Kier molecular flexibility index (Phi) is 5.86. The summed E-state index contributed by atoms with van der Waals surface area (Å²) in [6, 6.07) is 10.7. The fraction of sp³-hybridized carbons (Fsp3) is 0.235. The van der Waals surface area contributed by atoms with Gasteiger partial charge in [-0.05, 0) is 43.7 Å². The highest BCUT2D eigenvalue weighted by Gasteiger charge is 2.19. The summed E-state index contributed by atoms with van der Waals surface area (Å²) >= 11 is 0. The summed E-state index contributed by atoms with van der Waals surface area (Å²) in [6.45, 7) is 0.0170. The SMILES string of the molecule is CC(=O)c1ccc(S(=O)(=O)NC(C)c2cccc(OC(F)F)c2)cc1. The zero-order chi connectivity index (χ0) is 18.6. The van der Waals surface area contributed by atoms with Gasteiger partial charge < -0.3 is 4.74 Å². The van der Waals surface area contributed by atoms with Crippen LogP contribution in [-0.2, 0) is 10.0 Å². The van der Waals surface area contributed by atoms with Gasteiger partial charge in [-0.15, -0.1) is 0 Å². The monoisotopic (exact) mass is 369 g/mol. The number of benzene rings is 2. The van der Waals surface area contributed by atoms with Gasteiger partial charge in [-0.25, -0.2) is 13.1 Å². The van der Waals surface area contributed by atoms with Gasteiger partial charge in [-0.1, -0.05) is 24.3 Å². The zero-order valence-electron chi connectivity index (χ0n) is 13.6. The zero-order valence-corrected chi connectivity index (χ0v) is 14.4. The van der Waals surface area contributed by atoms with Crippen molar-refractivity contribution in [1.29, 1.82) is 0 Å². The lowest BCUT2D eigenvalue weighted by Crippen LogP contribution is -2.27. The van der Waals surface area contributed by atoms with Crippen LogP contribution < -0.4 is 9.46 Å². The van der Waals surface area contributed by atoms with E-state index in [1.54, 1.807) is 13.0 Å². The Morgan fingerprint density at radius 1 is 1.12 bits per heavy atom. The molecule has 5 nitrogen and oxygen atoms in total. The van der Waals surface area contributed by atoms with Crippen LogP contribution in [0, 0.1) is 0 Å². The van der Waals surface area contributed by atoms with E-state index in [4.69, 9.17) is 0 Å². The molecule has 0 heterocycles. The van der Waals surface area contributed by atoms with Crippen molar-refractivity contribution in [3.05, 3.63) is 59.7 Å². The second-order valence-electron chi connectivity index (χ2n) is 5.37. The molecule has 0 spiro atoms. The summed E-state index contributed by atoms with van der Waals surface area (Å²) in [5, 5.41) is 0. The number of nitrogens with one attached hydrogen (secondary N) is 1. The predicted molar refractivity (Wildman–Crippen MR) is 88.3 cm³/mol. The number of ether oxygens (including phenoxy) is 1. The quantitative estimate of drug-likeness (QED) is 0.758. The molecule has 1 atom stereocenters. The molecule has 0 aliphatic heterocycles. The molecule has 0 saturated carbocycles. The molecule has 0 saturated heterocycles. The minimum absolute atomic E-state index is 0.00401. The number of Topliss-reactive ketones (excluding diaryl/α,β-unsaturated/α-hetero) is 1. The standard InChI is InChI=1S/C17H17F2NO4S/c1-11(14-4-3-5-15(10-14)24-17(18)19)20-25(22,23)16-8-6-13(7-9-16)12(2)21/h3-11,17,20H,1-2H3. The lowest BCUT2D eigenvalue weighted by molar-refractivity contribution is -0.0499. The maximum Gasteiger partial charge on any atom is 0.387 e. The summed E-state index contributed by atoms with van der Waals surface area (Å²) in [4.78, 5) is 11.3. The molecule has 0 aromatic heterocycles. The molecule has 2 aromatic carbocycles. The second-order valence-corrected chi connectivity index (χ2v) is 7.09. The van der Waals surface area contributed by atoms with E-state index < -0.39 is 22.7 Å². The van der Waals surface area contributed by atoms with Gasteiger partial charge in [0.2, 0.25) is 10.0 Å². The van der Waals surface area contributed by atoms with Gasteiger partial charge in [0, 0.05) is 11.6 Å². The van der Waals surface area contributed by atoms with Crippen molar-refractivity contribution in [2.75, 3.05) is 0 Å². The van der Waals surface area contributed by atoms with Crippen LogP contribution in [0.5, 0.6) is 5.75 Å². The summed E-state index contributed by atoms with van der Waals surface area (Å²) < 4.78 is 56.2. The highest BCUT2D eigenvalue weighted by Crippen LogP contribution is 2.22. The summed E-state index contributed by atoms with van der Waals surface area (Å²) in [7, 11) is -3.84. The average molecular weight is 369 g/mol. The van der Waals surface area contributed by atoms with E-state index in [0.717, 1.165) is 0 Å². The Balaban J connectivity index is 2.18. The molecular weight excluding hydrogens is 352 g/mol. The Morgan fingerprint density at radius 2 is 1.76 bits per heavy atom. The minimum atomic E-state index is -3.84. The molecule has 134 valence electrons. The van der Waals surface area contributed by atoms with Crippen molar-refractivity contribution in [2.24, 2.45) is 0 Å². The predicted octanol–water partition coefficient (Wildman–Crippen LogP) is 3.53. The summed E-state index contributed by atoms with van der Waals surface area (Å²) in [5.74, 6) is -0.217. The third-order valence-electron chi connectivity index (χ3n) is 3.49. The summed E-state index contributed by atoms with van der Waals surface area (Å²) in [5.41, 5.74) is 0.880. The number of carbonyl (C=O) groups is 1. The fourth-order valence-corrected chi connectivity index (χ4v) is 3.43. The van der Waals surface area contributed by atoms with Crippen LogP contribution in [-0.4, -0.2) is 20.8 Å². The third kappa shape index (κ3) is 5.07. The van der Waals surface area contributed by atoms with Gasteiger partial charge in [0.15, 0.2) is 5.78 Å². The van der Waals surface area contributed by atoms with E-state index >= 15 is 0 Å². The smallest absolute Gasteiger partial charge is 0.387 e. The van der Waals surface area contributed by atoms with Crippen molar-refractivity contribution >= 4 is 15.8 Å². The number of hydrogen-bond donors (Lipinski definition) is 1. The Labute approximate surface area is 144 Å². The van der Waals surface area contributed by atoms with E-state index in [0.29, 0.717) is 11.1 Å². The van der Waals surface area contributed by atoms with Crippen LogP contribution in [0.25, 0.3) is 0 Å². The van der Waals surface area contributed by atoms with E-state index in [1.165, 1.54) is 49.4 Å². The van der Waals surface area contributed by atoms with Crippen molar-refractivity contribution < 1.29 is 26.7 Å². The average Bonchev–Trinajstić information content (AvgIpc) is 2.54. The largest absolute Gasteiger partial charge is 0.435 e.